The van der Waals surface area contributed by atoms with Crippen LogP contribution in [0.4, 0.5) is 0 Å². The number of hydrogen-bond acceptors (Lipinski definition) is 16. The number of amidine groups is 3. The highest BCUT2D eigenvalue weighted by Crippen LogP contribution is 1.97. The first-order valence-electron chi connectivity index (χ1n) is 14.5. The Balaban J connectivity index is 0. The molecule has 0 radical (unpaired) electrons. The van der Waals surface area contributed by atoms with E-state index < -0.39 is 23.9 Å². The summed E-state index contributed by atoms with van der Waals surface area (Å²) in [4.78, 5) is 49.2. The van der Waals surface area contributed by atoms with E-state index in [0.29, 0.717) is 19.6 Å². The predicted molar refractivity (Wildman–Crippen MR) is 170 cm³/mol. The Morgan fingerprint density at radius 3 is 0.889 bits per heavy atom. The molecule has 0 saturated heterocycles. The molecule has 0 bridgehead atoms. The van der Waals surface area contributed by atoms with Crippen molar-refractivity contribution in [3.8, 4) is 0 Å². The molecule has 3 atom stereocenters. The first-order valence-corrected chi connectivity index (χ1v) is 14.5. The Morgan fingerprint density at radius 1 is 0.533 bits per heavy atom. The molecule has 3 aliphatic heterocycles. The van der Waals surface area contributed by atoms with E-state index in [4.69, 9.17) is 74.0 Å². The minimum atomic E-state index is -1.82. The summed E-state index contributed by atoms with van der Waals surface area (Å²) in [5, 5.41) is 39.1. The molecule has 0 aromatic rings. The summed E-state index contributed by atoms with van der Waals surface area (Å²) in [7, 11) is 0. The van der Waals surface area contributed by atoms with Crippen molar-refractivity contribution in [2.75, 3.05) is 58.9 Å². The van der Waals surface area contributed by atoms with Crippen molar-refractivity contribution in [1.82, 2.24) is 16.0 Å². The SMILES string of the molecule is NCCC(N)C1=NCCCN1.NCCC(N)C1=NCCCN1.NCCC(N)C1=NCCCN1.O=C(O)C(=O)O.O=C(O)C(=O)O. The van der Waals surface area contributed by atoms with Crippen LogP contribution in [0.25, 0.3) is 0 Å². The fourth-order valence-corrected chi connectivity index (χ4v) is 3.35. The van der Waals surface area contributed by atoms with Crippen LogP contribution in [0.1, 0.15) is 38.5 Å². The number of carboxylic acid groups (broad SMARTS) is 4. The summed E-state index contributed by atoms with van der Waals surface area (Å²) < 4.78 is 0. The molecule has 260 valence electrons. The van der Waals surface area contributed by atoms with E-state index in [1.807, 2.05) is 0 Å². The highest BCUT2D eigenvalue weighted by Gasteiger charge is 2.13. The van der Waals surface area contributed by atoms with E-state index in [2.05, 4.69) is 30.9 Å². The summed E-state index contributed by atoms with van der Waals surface area (Å²) in [5.74, 6) is -4.50. The van der Waals surface area contributed by atoms with Crippen LogP contribution in [0.3, 0.4) is 0 Å². The van der Waals surface area contributed by atoms with Gasteiger partial charge in [0.15, 0.2) is 0 Å². The Morgan fingerprint density at radius 2 is 0.756 bits per heavy atom. The van der Waals surface area contributed by atoms with Crippen LogP contribution in [0.5, 0.6) is 0 Å². The average Bonchev–Trinajstić information content (AvgIpc) is 3.04. The Labute approximate surface area is 262 Å². The summed E-state index contributed by atoms with van der Waals surface area (Å²) >= 11 is 0. The number of carbonyl (C=O) groups is 4. The summed E-state index contributed by atoms with van der Waals surface area (Å²) in [5.41, 5.74) is 33.5. The first kappa shape index (κ1) is 43.2. The third-order valence-corrected chi connectivity index (χ3v) is 5.62. The molecule has 3 rings (SSSR count). The van der Waals surface area contributed by atoms with Gasteiger partial charge in [-0.2, -0.15) is 0 Å². The average molecular weight is 649 g/mol. The summed E-state index contributed by atoms with van der Waals surface area (Å²) in [6, 6.07) is 0.0425. The van der Waals surface area contributed by atoms with E-state index in [-0.39, 0.29) is 18.1 Å². The predicted octanol–water partition coefficient (Wildman–Crippen LogP) is -4.53. The molecule has 3 unspecified atom stereocenters. The van der Waals surface area contributed by atoms with Gasteiger partial charge in [-0.05, 0) is 58.2 Å². The molecule has 0 aromatic carbocycles. The van der Waals surface area contributed by atoms with Crippen LogP contribution in [-0.2, 0) is 19.2 Å². The van der Waals surface area contributed by atoms with Gasteiger partial charge in [0.05, 0.1) is 18.1 Å². The van der Waals surface area contributed by atoms with Gasteiger partial charge in [-0.25, -0.2) is 19.2 Å². The maximum atomic E-state index is 9.10. The molecular formula is C25H52N12O8. The smallest absolute Gasteiger partial charge is 0.414 e. The molecular weight excluding hydrogens is 596 g/mol. The lowest BCUT2D eigenvalue weighted by Gasteiger charge is -2.19. The van der Waals surface area contributed by atoms with Gasteiger partial charge in [-0.15, -0.1) is 0 Å². The monoisotopic (exact) mass is 648 g/mol. The third-order valence-electron chi connectivity index (χ3n) is 5.62. The molecule has 3 heterocycles. The van der Waals surface area contributed by atoms with Gasteiger partial charge in [0.1, 0.15) is 17.5 Å². The number of hydrogen-bond donors (Lipinski definition) is 13. The number of nitrogens with two attached hydrogens (primary N) is 6. The van der Waals surface area contributed by atoms with Gasteiger partial charge in [0.2, 0.25) is 0 Å². The highest BCUT2D eigenvalue weighted by molar-refractivity contribution is 6.27. The Bertz CT molecular complexity index is 836. The number of nitrogens with zero attached hydrogens (tertiary/aromatic N) is 3. The summed E-state index contributed by atoms with van der Waals surface area (Å²) in [6.07, 6.45) is 5.76. The Hall–Kier alpha value is -3.95. The van der Waals surface area contributed by atoms with Crippen LogP contribution in [-0.4, -0.2) is 139 Å². The molecule has 0 amide bonds. The number of rotatable bonds is 9. The third kappa shape index (κ3) is 24.1. The van der Waals surface area contributed by atoms with Gasteiger partial charge in [0.25, 0.3) is 0 Å². The molecule has 0 aliphatic carbocycles. The Kier molecular flexibility index (Phi) is 26.5. The second-order valence-electron chi connectivity index (χ2n) is 9.41. The standard InChI is InChI=1S/3C7H16N4.2C2H2O4/c3*8-3-2-6(9)7-10-4-1-5-11-7;2*3-1(4)2(5)6/h3*6H,1-5,8-9H2,(H,10,11);2*(H,3,4)(H,5,6). The maximum absolute atomic E-state index is 9.10. The molecule has 0 saturated carbocycles. The van der Waals surface area contributed by atoms with Crippen molar-refractivity contribution < 1.29 is 39.6 Å². The minimum Gasteiger partial charge on any atom is -0.473 e. The van der Waals surface area contributed by atoms with Crippen LogP contribution in [0.2, 0.25) is 0 Å². The molecule has 0 spiro atoms. The minimum absolute atomic E-state index is 0.0142. The molecule has 20 heteroatoms. The first-order chi connectivity index (χ1) is 21.3. The number of carboxylic acids is 4. The molecule has 20 nitrogen and oxygen atoms in total. The largest absolute Gasteiger partial charge is 0.473 e. The van der Waals surface area contributed by atoms with Gasteiger partial charge in [-0.3, -0.25) is 15.0 Å². The molecule has 3 aliphatic rings. The van der Waals surface area contributed by atoms with E-state index in [0.717, 1.165) is 95.3 Å². The van der Waals surface area contributed by atoms with Crippen molar-refractivity contribution >= 4 is 41.4 Å². The zero-order valence-corrected chi connectivity index (χ0v) is 25.6. The fraction of sp³-hybridized carbons (Fsp3) is 0.720. The van der Waals surface area contributed by atoms with Crippen molar-refractivity contribution in [2.24, 2.45) is 49.4 Å². The van der Waals surface area contributed by atoms with Gasteiger partial charge < -0.3 is 70.8 Å². The van der Waals surface area contributed by atoms with Crippen molar-refractivity contribution in [2.45, 2.75) is 56.7 Å². The quantitative estimate of drug-likeness (QED) is 0.105. The highest BCUT2D eigenvalue weighted by atomic mass is 16.4. The maximum Gasteiger partial charge on any atom is 0.414 e. The summed E-state index contributed by atoms with van der Waals surface area (Å²) in [6.45, 7) is 7.58. The van der Waals surface area contributed by atoms with Crippen molar-refractivity contribution in [3.05, 3.63) is 0 Å². The molecule has 19 N–H and O–H groups in total. The molecule has 0 fully saturated rings. The van der Waals surface area contributed by atoms with E-state index in [1.54, 1.807) is 0 Å². The number of nitrogens with one attached hydrogen (secondary N) is 3. The molecule has 45 heavy (non-hydrogen) atoms. The zero-order valence-electron chi connectivity index (χ0n) is 25.6. The lowest BCUT2D eigenvalue weighted by Crippen LogP contribution is -2.44. The molecule has 0 aromatic heterocycles. The van der Waals surface area contributed by atoms with E-state index in [9.17, 15) is 0 Å². The van der Waals surface area contributed by atoms with Crippen LogP contribution in [0, 0.1) is 0 Å². The van der Waals surface area contributed by atoms with Crippen LogP contribution >= 0.6 is 0 Å². The number of aliphatic imine (C=N–C) groups is 3. The van der Waals surface area contributed by atoms with E-state index >= 15 is 0 Å². The fourth-order valence-electron chi connectivity index (χ4n) is 3.35. The van der Waals surface area contributed by atoms with Gasteiger partial charge in [0, 0.05) is 39.3 Å². The lowest BCUT2D eigenvalue weighted by atomic mass is 10.2. The van der Waals surface area contributed by atoms with Gasteiger partial charge >= 0.3 is 23.9 Å². The van der Waals surface area contributed by atoms with Gasteiger partial charge in [-0.1, -0.05) is 0 Å². The van der Waals surface area contributed by atoms with Crippen LogP contribution < -0.4 is 50.4 Å². The number of aliphatic carboxylic acids is 4. The zero-order chi connectivity index (χ0) is 34.6. The normalized spacial score (nSPS) is 16.9. The van der Waals surface area contributed by atoms with Crippen molar-refractivity contribution in [1.29, 1.82) is 0 Å². The second kappa shape index (κ2) is 27.6. The van der Waals surface area contributed by atoms with Crippen LogP contribution in [0.15, 0.2) is 15.0 Å². The van der Waals surface area contributed by atoms with Crippen molar-refractivity contribution in [3.63, 3.8) is 0 Å². The topological polar surface area (TPSA) is 378 Å². The second-order valence-corrected chi connectivity index (χ2v) is 9.41. The lowest BCUT2D eigenvalue weighted by molar-refractivity contribution is -0.159. The van der Waals surface area contributed by atoms with E-state index in [1.165, 1.54) is 0 Å².